The van der Waals surface area contributed by atoms with Crippen LogP contribution in [0, 0.1) is 0 Å². The minimum Gasteiger partial charge on any atom is -0.480 e. The van der Waals surface area contributed by atoms with Gasteiger partial charge in [-0.1, -0.05) is 0 Å². The summed E-state index contributed by atoms with van der Waals surface area (Å²) in [5.74, 6) is -1.18. The number of nitrogens with one attached hydrogen (secondary N) is 1. The molecule has 1 fully saturated rings. The van der Waals surface area contributed by atoms with Crippen molar-refractivity contribution in [2.75, 3.05) is 6.54 Å². The summed E-state index contributed by atoms with van der Waals surface area (Å²) >= 11 is 0. The van der Waals surface area contributed by atoms with Crippen LogP contribution in [0.4, 0.5) is 0 Å². The molecule has 1 aliphatic heterocycles. The van der Waals surface area contributed by atoms with E-state index in [1.54, 1.807) is 0 Å². The van der Waals surface area contributed by atoms with Gasteiger partial charge in [0.1, 0.15) is 6.04 Å². The topological polar surface area (TPSA) is 86.7 Å². The van der Waals surface area contributed by atoms with Gasteiger partial charge in [0.2, 0.25) is 11.8 Å². The van der Waals surface area contributed by atoms with Crippen molar-refractivity contribution in [2.24, 2.45) is 0 Å². The molecule has 0 bridgehead atoms. The van der Waals surface area contributed by atoms with Gasteiger partial charge in [-0.25, -0.2) is 4.79 Å². The van der Waals surface area contributed by atoms with E-state index in [0.717, 1.165) is 6.42 Å². The number of hydrogen-bond donors (Lipinski definition) is 2. The summed E-state index contributed by atoms with van der Waals surface area (Å²) in [5, 5.41) is 11.7. The fourth-order valence-electron chi connectivity index (χ4n) is 2.26. The maximum absolute atomic E-state index is 11.9. The lowest BCUT2D eigenvalue weighted by atomic mass is 10.2. The summed E-state index contributed by atoms with van der Waals surface area (Å²) in [5.41, 5.74) is 0. The van der Waals surface area contributed by atoms with Crippen molar-refractivity contribution in [3.63, 3.8) is 0 Å². The fourth-order valence-corrected chi connectivity index (χ4v) is 2.26. The second-order valence-electron chi connectivity index (χ2n) is 5.16. The van der Waals surface area contributed by atoms with Crippen molar-refractivity contribution < 1.29 is 19.5 Å². The van der Waals surface area contributed by atoms with Gasteiger partial charge in [-0.15, -0.1) is 0 Å². The van der Waals surface area contributed by atoms with Gasteiger partial charge in [0, 0.05) is 25.4 Å². The molecule has 0 aromatic carbocycles. The van der Waals surface area contributed by atoms with Gasteiger partial charge in [-0.3, -0.25) is 9.59 Å². The Kier molecular flexibility index (Phi) is 5.79. The van der Waals surface area contributed by atoms with E-state index in [0.29, 0.717) is 25.8 Å². The highest BCUT2D eigenvalue weighted by molar-refractivity contribution is 5.84. The van der Waals surface area contributed by atoms with E-state index in [1.165, 1.54) is 4.90 Å². The van der Waals surface area contributed by atoms with E-state index in [4.69, 9.17) is 5.11 Å². The molecule has 19 heavy (non-hydrogen) atoms. The number of nitrogens with zero attached hydrogens (tertiary/aromatic N) is 1. The molecule has 1 aliphatic rings. The summed E-state index contributed by atoms with van der Waals surface area (Å²) < 4.78 is 0. The van der Waals surface area contributed by atoms with Crippen LogP contribution in [0.25, 0.3) is 0 Å². The Bertz CT molecular complexity index is 355. The van der Waals surface area contributed by atoms with Crippen molar-refractivity contribution in [3.05, 3.63) is 0 Å². The Balaban J connectivity index is 2.31. The Morgan fingerprint density at radius 2 is 2.00 bits per heavy atom. The zero-order chi connectivity index (χ0) is 14.4. The first kappa shape index (κ1) is 15.5. The Morgan fingerprint density at radius 3 is 2.58 bits per heavy atom. The number of carbonyl (C=O) groups excluding carboxylic acids is 2. The zero-order valence-electron chi connectivity index (χ0n) is 11.5. The lowest BCUT2D eigenvalue weighted by Gasteiger charge is -2.21. The summed E-state index contributed by atoms with van der Waals surface area (Å²) in [6.45, 7) is 4.27. The molecule has 6 nitrogen and oxygen atoms in total. The molecule has 0 aliphatic carbocycles. The molecule has 1 atom stereocenters. The number of likely N-dealkylation sites (tertiary alicyclic amines) is 1. The Labute approximate surface area is 113 Å². The number of carbonyl (C=O) groups is 3. The van der Waals surface area contributed by atoms with E-state index in [9.17, 15) is 14.4 Å². The molecule has 0 unspecified atom stereocenters. The van der Waals surface area contributed by atoms with Crippen LogP contribution >= 0.6 is 0 Å². The summed E-state index contributed by atoms with van der Waals surface area (Å²) in [6.07, 6.45) is 2.25. The van der Waals surface area contributed by atoms with Crippen LogP contribution in [0.3, 0.4) is 0 Å². The second-order valence-corrected chi connectivity index (χ2v) is 5.16. The highest BCUT2D eigenvalue weighted by atomic mass is 16.4. The molecule has 2 N–H and O–H groups in total. The van der Waals surface area contributed by atoms with E-state index < -0.39 is 12.0 Å². The van der Waals surface area contributed by atoms with Gasteiger partial charge < -0.3 is 15.3 Å². The van der Waals surface area contributed by atoms with Crippen molar-refractivity contribution in [2.45, 2.75) is 58.0 Å². The van der Waals surface area contributed by atoms with Crippen molar-refractivity contribution in [1.29, 1.82) is 0 Å². The Hall–Kier alpha value is -1.59. The number of carboxylic acid groups (broad SMARTS) is 1. The lowest BCUT2D eigenvalue weighted by Crippen LogP contribution is -2.40. The molecule has 6 heteroatoms. The summed E-state index contributed by atoms with van der Waals surface area (Å²) in [6, 6.07) is -0.588. The molecule has 0 saturated carbocycles. The average Bonchev–Trinajstić information content (AvgIpc) is 2.76. The van der Waals surface area contributed by atoms with E-state index in [-0.39, 0.29) is 24.3 Å². The largest absolute Gasteiger partial charge is 0.480 e. The molecule has 108 valence electrons. The number of aliphatic carboxylic acids is 1. The molecule has 1 heterocycles. The van der Waals surface area contributed by atoms with Crippen LogP contribution in [-0.2, 0) is 14.4 Å². The summed E-state index contributed by atoms with van der Waals surface area (Å²) in [7, 11) is 0. The normalized spacial score (nSPS) is 18.7. The third-order valence-electron chi connectivity index (χ3n) is 3.10. The number of rotatable bonds is 6. The lowest BCUT2D eigenvalue weighted by molar-refractivity contribution is -0.148. The van der Waals surface area contributed by atoms with Gasteiger partial charge in [-0.05, 0) is 33.1 Å². The van der Waals surface area contributed by atoms with Crippen molar-refractivity contribution >= 4 is 17.8 Å². The molecular formula is C13H22N2O4. The average molecular weight is 270 g/mol. The van der Waals surface area contributed by atoms with Crippen molar-refractivity contribution in [1.82, 2.24) is 10.2 Å². The summed E-state index contributed by atoms with van der Waals surface area (Å²) in [4.78, 5) is 35.7. The first-order valence-corrected chi connectivity index (χ1v) is 6.73. The second kappa shape index (κ2) is 7.11. The first-order valence-electron chi connectivity index (χ1n) is 6.73. The predicted octanol–water partition coefficient (Wildman–Crippen LogP) is 0.757. The molecule has 0 aromatic rings. The van der Waals surface area contributed by atoms with E-state index >= 15 is 0 Å². The van der Waals surface area contributed by atoms with Gasteiger partial charge >= 0.3 is 5.97 Å². The number of hydrogen-bond acceptors (Lipinski definition) is 3. The standard InChI is InChI=1S/C13H22N2O4/c1-9(2)14-11(16)6-3-7-12(17)15-8-4-5-10(15)13(18)19/h9-10H,3-8H2,1-2H3,(H,14,16)(H,18,19)/t10-/m0/s1. The minimum absolute atomic E-state index is 0.0704. The van der Waals surface area contributed by atoms with Crippen LogP contribution in [0.15, 0.2) is 0 Å². The van der Waals surface area contributed by atoms with Gasteiger partial charge in [-0.2, -0.15) is 0 Å². The van der Waals surface area contributed by atoms with Crippen molar-refractivity contribution in [3.8, 4) is 0 Å². The smallest absolute Gasteiger partial charge is 0.326 e. The fraction of sp³-hybridized carbons (Fsp3) is 0.769. The van der Waals surface area contributed by atoms with Crippen LogP contribution in [0.5, 0.6) is 0 Å². The van der Waals surface area contributed by atoms with Crippen LogP contribution in [0.1, 0.15) is 46.0 Å². The highest BCUT2D eigenvalue weighted by Gasteiger charge is 2.33. The minimum atomic E-state index is -0.941. The Morgan fingerprint density at radius 1 is 1.32 bits per heavy atom. The third kappa shape index (κ3) is 4.89. The molecule has 0 aromatic heterocycles. The van der Waals surface area contributed by atoms with Gasteiger partial charge in [0.05, 0.1) is 0 Å². The maximum Gasteiger partial charge on any atom is 0.326 e. The molecule has 1 rings (SSSR count). The SMILES string of the molecule is CC(C)NC(=O)CCCC(=O)N1CCC[C@H]1C(=O)O. The van der Waals surface area contributed by atoms with E-state index in [1.807, 2.05) is 13.8 Å². The number of carboxylic acids is 1. The van der Waals surface area contributed by atoms with Crippen LogP contribution in [-0.4, -0.2) is 46.4 Å². The van der Waals surface area contributed by atoms with Gasteiger partial charge in [0.15, 0.2) is 0 Å². The molecule has 1 saturated heterocycles. The molecular weight excluding hydrogens is 248 g/mol. The molecule has 0 spiro atoms. The van der Waals surface area contributed by atoms with Gasteiger partial charge in [0.25, 0.3) is 0 Å². The molecule has 2 amide bonds. The highest BCUT2D eigenvalue weighted by Crippen LogP contribution is 2.19. The zero-order valence-corrected chi connectivity index (χ0v) is 11.5. The first-order chi connectivity index (χ1) is 8.91. The van der Waals surface area contributed by atoms with E-state index in [2.05, 4.69) is 5.32 Å². The maximum atomic E-state index is 11.9. The number of amides is 2. The monoisotopic (exact) mass is 270 g/mol. The predicted molar refractivity (Wildman–Crippen MR) is 69.5 cm³/mol. The van der Waals surface area contributed by atoms with Crippen LogP contribution < -0.4 is 5.32 Å². The van der Waals surface area contributed by atoms with Crippen LogP contribution in [0.2, 0.25) is 0 Å². The third-order valence-corrected chi connectivity index (χ3v) is 3.10. The quantitative estimate of drug-likeness (QED) is 0.746. The molecule has 0 radical (unpaired) electrons.